The number of quaternary nitrogens is 2. The van der Waals surface area contributed by atoms with Crippen molar-refractivity contribution in [2.75, 3.05) is 41.3 Å². The summed E-state index contributed by atoms with van der Waals surface area (Å²) >= 11 is 0. The van der Waals surface area contributed by atoms with Gasteiger partial charge >= 0.3 is 0 Å². The Hall–Kier alpha value is -0.200. The van der Waals surface area contributed by atoms with Crippen LogP contribution in [0.4, 0.5) is 0 Å². The molecule has 0 bridgehead atoms. The van der Waals surface area contributed by atoms with Gasteiger partial charge in [-0.3, -0.25) is 0 Å². The molecule has 0 unspecified atom stereocenters. The maximum atomic E-state index is 8.82. The average Bonchev–Trinajstić information content (AvgIpc) is 1.55. The number of nitrogens with zero attached hydrogens (tertiary/aromatic N) is 2. The van der Waals surface area contributed by atoms with Crippen molar-refractivity contribution in [3.05, 3.63) is 0 Å². The van der Waals surface area contributed by atoms with Crippen LogP contribution in [0, 0.1) is 0 Å². The molecule has 0 aromatic heterocycles. The fraction of sp³-hybridized carbons (Fsp3) is 1.00. The molecule has 0 saturated heterocycles. The van der Waals surface area contributed by atoms with Crippen LogP contribution in [-0.2, 0) is 4.84 Å². The zero-order chi connectivity index (χ0) is 9.12. The summed E-state index contributed by atoms with van der Waals surface area (Å²) in [6, 6.07) is 0. The first-order valence-corrected chi connectivity index (χ1v) is 3.48. The molecule has 68 valence electrons. The topological polar surface area (TPSA) is 49.7 Å². The third-order valence-electron chi connectivity index (χ3n) is 0.993. The number of likely N-dealkylation sites (N-methyl/N-ethyl adjacent to an activating group) is 1. The Morgan fingerprint density at radius 1 is 1.09 bits per heavy atom. The van der Waals surface area contributed by atoms with E-state index in [0.29, 0.717) is 11.3 Å². The minimum Gasteiger partial charge on any atom is -0.197 e. The van der Waals surface area contributed by atoms with E-state index in [1.165, 1.54) is 7.05 Å². The molecular weight excluding hydrogens is 148 g/mol. The van der Waals surface area contributed by atoms with E-state index < -0.39 is 4.81 Å². The highest BCUT2D eigenvalue weighted by Gasteiger charge is 2.17. The average molecular weight is 166 g/mol. The summed E-state index contributed by atoms with van der Waals surface area (Å²) in [7, 11) is 6.86. The van der Waals surface area contributed by atoms with E-state index in [2.05, 4.69) is 0 Å². The number of rotatable bonds is 4. The first-order chi connectivity index (χ1) is 4.71. The highest BCUT2D eigenvalue weighted by Crippen LogP contribution is 1.94. The van der Waals surface area contributed by atoms with Gasteiger partial charge in [-0.1, -0.05) is 0 Å². The van der Waals surface area contributed by atoms with Gasteiger partial charge in [0.25, 0.3) is 0 Å². The predicted octanol–water partition coefficient (Wildman–Crippen LogP) is -0.151. The summed E-state index contributed by atoms with van der Waals surface area (Å²) in [4.78, 5) is 4.17. The van der Waals surface area contributed by atoms with Gasteiger partial charge in [0.1, 0.15) is 7.05 Å². The van der Waals surface area contributed by atoms with Gasteiger partial charge in [-0.15, -0.1) is 0 Å². The highest BCUT2D eigenvalue weighted by atomic mass is 16.8. The van der Waals surface area contributed by atoms with Crippen molar-refractivity contribution >= 4 is 0 Å². The maximum Gasteiger partial charge on any atom is 0.171 e. The quantitative estimate of drug-likeness (QED) is 0.451. The number of hydroxylamine groups is 7. The van der Waals surface area contributed by atoms with E-state index in [1.54, 1.807) is 0 Å². The molecular formula is C6H18N2O3+2. The fourth-order valence-corrected chi connectivity index (χ4v) is 0.488. The largest absolute Gasteiger partial charge is 0.197 e. The summed E-state index contributed by atoms with van der Waals surface area (Å²) in [6.45, 7) is 0.475. The lowest BCUT2D eigenvalue weighted by molar-refractivity contribution is -1.23. The van der Waals surface area contributed by atoms with Crippen molar-refractivity contribution in [2.45, 2.75) is 0 Å². The molecule has 0 aromatic carbocycles. The summed E-state index contributed by atoms with van der Waals surface area (Å²) in [5.74, 6) is 0. The Labute approximate surface area is 67.1 Å². The summed E-state index contributed by atoms with van der Waals surface area (Å²) in [5.41, 5.74) is 0. The van der Waals surface area contributed by atoms with Gasteiger partial charge in [0, 0.05) is 0 Å². The summed E-state index contributed by atoms with van der Waals surface area (Å²) in [5, 5.41) is 17.6. The zero-order valence-corrected chi connectivity index (χ0v) is 7.61. The van der Waals surface area contributed by atoms with Gasteiger partial charge in [-0.25, -0.2) is 0 Å². The SMILES string of the molecule is C[N+](O)(O)CCO[N+](C)(C)C. The first kappa shape index (κ1) is 10.8. The molecule has 0 rings (SSSR count). The van der Waals surface area contributed by atoms with Crippen LogP contribution in [0.2, 0.25) is 0 Å². The minimum absolute atomic E-state index is 0.162. The molecule has 2 N–H and O–H groups in total. The van der Waals surface area contributed by atoms with Gasteiger partial charge in [0.05, 0.1) is 21.1 Å². The lowest BCUT2D eigenvalue weighted by atomic mass is 10.7. The van der Waals surface area contributed by atoms with E-state index in [4.69, 9.17) is 15.3 Å². The van der Waals surface area contributed by atoms with Gasteiger partial charge in [0.15, 0.2) is 13.2 Å². The van der Waals surface area contributed by atoms with Crippen LogP contribution in [-0.4, -0.2) is 61.2 Å². The van der Waals surface area contributed by atoms with E-state index in [9.17, 15) is 0 Å². The molecule has 0 aliphatic heterocycles. The van der Waals surface area contributed by atoms with Crippen LogP contribution >= 0.6 is 0 Å². The Kier molecular flexibility index (Phi) is 3.40. The molecule has 0 aliphatic carbocycles. The van der Waals surface area contributed by atoms with Crippen molar-refractivity contribution in [1.29, 1.82) is 0 Å². The van der Waals surface area contributed by atoms with Crippen LogP contribution in [0.3, 0.4) is 0 Å². The molecule has 0 radical (unpaired) electrons. The highest BCUT2D eigenvalue weighted by molar-refractivity contribution is 4.15. The van der Waals surface area contributed by atoms with Crippen molar-refractivity contribution in [2.24, 2.45) is 0 Å². The van der Waals surface area contributed by atoms with Crippen molar-refractivity contribution in [1.82, 2.24) is 0 Å². The molecule has 5 nitrogen and oxygen atoms in total. The zero-order valence-electron chi connectivity index (χ0n) is 7.61. The standard InChI is InChI=1S/C6H18N2O3/c1-7(2,3)11-6-5-8(4,9)10/h9-10H,5-6H2,1-4H3/q+2. The van der Waals surface area contributed by atoms with E-state index >= 15 is 0 Å². The molecule has 0 aliphatic rings. The molecule has 11 heavy (non-hydrogen) atoms. The number of hydrogen-bond acceptors (Lipinski definition) is 3. The minimum atomic E-state index is -1.04. The second-order valence-corrected chi connectivity index (χ2v) is 3.53. The van der Waals surface area contributed by atoms with E-state index in [0.717, 1.165) is 0 Å². The third kappa shape index (κ3) is 9.80. The number of hydrogen-bond donors (Lipinski definition) is 2. The molecule has 0 atom stereocenters. The molecule has 0 amide bonds. The summed E-state index contributed by atoms with van der Waals surface area (Å²) in [6.07, 6.45) is 0. The second-order valence-electron chi connectivity index (χ2n) is 3.53. The van der Waals surface area contributed by atoms with Gasteiger partial charge in [-0.05, 0) is 4.81 Å². The summed E-state index contributed by atoms with van der Waals surface area (Å²) < 4.78 is 0.361. The van der Waals surface area contributed by atoms with Crippen LogP contribution in [0.25, 0.3) is 0 Å². The molecule has 0 heterocycles. The lowest BCUT2D eigenvalue weighted by Gasteiger charge is -2.22. The van der Waals surface area contributed by atoms with Crippen LogP contribution in [0.15, 0.2) is 0 Å². The Morgan fingerprint density at radius 2 is 1.55 bits per heavy atom. The molecule has 0 fully saturated rings. The lowest BCUT2D eigenvalue weighted by Crippen LogP contribution is -2.43. The van der Waals surface area contributed by atoms with Crippen molar-refractivity contribution in [3.8, 4) is 0 Å². The fourth-order valence-electron chi connectivity index (χ4n) is 0.488. The second kappa shape index (κ2) is 3.46. The van der Waals surface area contributed by atoms with Crippen LogP contribution in [0.1, 0.15) is 0 Å². The van der Waals surface area contributed by atoms with Gasteiger partial charge in [-0.2, -0.15) is 19.9 Å². The van der Waals surface area contributed by atoms with E-state index in [-0.39, 0.29) is 6.54 Å². The molecule has 0 saturated carbocycles. The molecule has 5 heteroatoms. The first-order valence-electron chi connectivity index (χ1n) is 3.48. The maximum absolute atomic E-state index is 8.82. The normalized spacial score (nSPS) is 13.6. The smallest absolute Gasteiger partial charge is 0.171 e. The third-order valence-corrected chi connectivity index (χ3v) is 0.993. The van der Waals surface area contributed by atoms with Gasteiger partial charge in [0.2, 0.25) is 0 Å². The Morgan fingerprint density at radius 3 is 1.82 bits per heavy atom. The van der Waals surface area contributed by atoms with Crippen LogP contribution < -0.4 is 0 Å². The van der Waals surface area contributed by atoms with Crippen LogP contribution in [0.5, 0.6) is 0 Å². The van der Waals surface area contributed by atoms with Crippen molar-refractivity contribution in [3.63, 3.8) is 0 Å². The Bertz CT molecular complexity index is 100.0. The monoisotopic (exact) mass is 166 g/mol. The predicted molar refractivity (Wildman–Crippen MR) is 38.6 cm³/mol. The molecule has 0 spiro atoms. The molecule has 0 aromatic rings. The Balaban J connectivity index is 3.44. The van der Waals surface area contributed by atoms with E-state index in [1.807, 2.05) is 21.1 Å². The van der Waals surface area contributed by atoms with Crippen molar-refractivity contribution < 1.29 is 24.7 Å². The van der Waals surface area contributed by atoms with Gasteiger partial charge < -0.3 is 0 Å².